The zero-order valence-electron chi connectivity index (χ0n) is 8.56. The molecular weight excluding hydrogens is 210 g/mol. The maximum Gasteiger partial charge on any atom is 0.180 e. The Morgan fingerprint density at radius 2 is 2.47 bits per heavy atom. The molecule has 2 aromatic heterocycles. The first-order chi connectivity index (χ1) is 7.34. The Morgan fingerprint density at radius 1 is 1.53 bits per heavy atom. The molecular formula is C10H13N3OS. The first-order valence-corrected chi connectivity index (χ1v) is 5.71. The van der Waals surface area contributed by atoms with E-state index in [0.717, 1.165) is 36.0 Å². The second kappa shape index (κ2) is 5.04. The van der Waals surface area contributed by atoms with Crippen LogP contribution in [0.3, 0.4) is 0 Å². The normalized spacial score (nSPS) is 10.7. The van der Waals surface area contributed by atoms with Crippen molar-refractivity contribution in [1.29, 1.82) is 0 Å². The van der Waals surface area contributed by atoms with E-state index < -0.39 is 0 Å². The molecule has 0 unspecified atom stereocenters. The van der Waals surface area contributed by atoms with Crippen LogP contribution in [0, 0.1) is 6.92 Å². The van der Waals surface area contributed by atoms with E-state index in [9.17, 15) is 0 Å². The Hall–Kier alpha value is -1.20. The van der Waals surface area contributed by atoms with Crippen molar-refractivity contribution in [2.24, 2.45) is 0 Å². The highest BCUT2D eigenvalue weighted by molar-refractivity contribution is 7.09. The second-order valence-corrected chi connectivity index (χ2v) is 4.31. The van der Waals surface area contributed by atoms with Gasteiger partial charge in [0.05, 0.1) is 23.4 Å². The molecule has 2 aromatic rings. The van der Waals surface area contributed by atoms with Crippen LogP contribution in [0.4, 0.5) is 0 Å². The predicted octanol–water partition coefficient (Wildman–Crippen LogP) is 1.77. The maximum atomic E-state index is 5.10. The predicted molar refractivity (Wildman–Crippen MR) is 58.8 cm³/mol. The lowest BCUT2D eigenvalue weighted by Crippen LogP contribution is -2.16. The highest BCUT2D eigenvalue weighted by atomic mass is 32.1. The Labute approximate surface area is 92.4 Å². The Balaban J connectivity index is 1.67. The van der Waals surface area contributed by atoms with Gasteiger partial charge in [-0.15, -0.1) is 11.3 Å². The summed E-state index contributed by atoms with van der Waals surface area (Å²) in [7, 11) is 0. The number of thiazole rings is 1. The standard InChI is InChI=1S/C10H13N3OS/c1-8-13-9(6-15-8)2-3-11-4-10-5-12-7-14-10/h5-7,11H,2-4H2,1H3. The van der Waals surface area contributed by atoms with Crippen molar-refractivity contribution in [2.45, 2.75) is 19.9 Å². The lowest BCUT2D eigenvalue weighted by molar-refractivity contribution is 0.480. The number of aryl methyl sites for hydroxylation is 1. The monoisotopic (exact) mass is 223 g/mol. The Bertz CT molecular complexity index is 396. The average Bonchev–Trinajstić information content (AvgIpc) is 2.84. The molecule has 0 atom stereocenters. The summed E-state index contributed by atoms with van der Waals surface area (Å²) < 4.78 is 5.10. The molecule has 0 radical (unpaired) electrons. The molecule has 0 aliphatic carbocycles. The number of nitrogens with one attached hydrogen (secondary N) is 1. The highest BCUT2D eigenvalue weighted by Crippen LogP contribution is 2.07. The zero-order chi connectivity index (χ0) is 10.5. The number of hydrogen-bond acceptors (Lipinski definition) is 5. The fourth-order valence-electron chi connectivity index (χ4n) is 1.28. The summed E-state index contributed by atoms with van der Waals surface area (Å²) in [6.45, 7) is 3.66. The Morgan fingerprint density at radius 3 is 3.13 bits per heavy atom. The topological polar surface area (TPSA) is 51.0 Å². The van der Waals surface area contributed by atoms with Gasteiger partial charge < -0.3 is 9.73 Å². The molecule has 0 aromatic carbocycles. The molecule has 0 amide bonds. The number of hydrogen-bond donors (Lipinski definition) is 1. The molecule has 4 nitrogen and oxygen atoms in total. The maximum absolute atomic E-state index is 5.10. The minimum atomic E-state index is 0.725. The van der Waals surface area contributed by atoms with E-state index in [1.807, 2.05) is 6.92 Å². The van der Waals surface area contributed by atoms with E-state index in [1.165, 1.54) is 6.39 Å². The van der Waals surface area contributed by atoms with E-state index >= 15 is 0 Å². The fourth-order valence-corrected chi connectivity index (χ4v) is 1.93. The van der Waals surface area contributed by atoms with Crippen molar-refractivity contribution in [1.82, 2.24) is 15.3 Å². The number of nitrogens with zero attached hydrogens (tertiary/aromatic N) is 2. The van der Waals surface area contributed by atoms with Crippen molar-refractivity contribution >= 4 is 11.3 Å². The zero-order valence-corrected chi connectivity index (χ0v) is 9.38. The quantitative estimate of drug-likeness (QED) is 0.785. The summed E-state index contributed by atoms with van der Waals surface area (Å²) >= 11 is 1.69. The van der Waals surface area contributed by atoms with Gasteiger partial charge in [-0.2, -0.15) is 0 Å². The van der Waals surface area contributed by atoms with Gasteiger partial charge in [-0.1, -0.05) is 0 Å². The number of rotatable bonds is 5. The van der Waals surface area contributed by atoms with Crippen molar-refractivity contribution < 1.29 is 4.42 Å². The van der Waals surface area contributed by atoms with Crippen LogP contribution in [0.15, 0.2) is 22.4 Å². The molecule has 1 N–H and O–H groups in total. The molecule has 0 spiro atoms. The number of aromatic nitrogens is 2. The van der Waals surface area contributed by atoms with Gasteiger partial charge in [-0.3, -0.25) is 0 Å². The Kier molecular flexibility index (Phi) is 3.47. The first kappa shape index (κ1) is 10.3. The average molecular weight is 223 g/mol. The first-order valence-electron chi connectivity index (χ1n) is 4.83. The van der Waals surface area contributed by atoms with Crippen molar-refractivity contribution in [2.75, 3.05) is 6.54 Å². The van der Waals surface area contributed by atoms with Gasteiger partial charge in [-0.05, 0) is 6.92 Å². The van der Waals surface area contributed by atoms with Gasteiger partial charge in [0, 0.05) is 18.3 Å². The molecule has 0 saturated carbocycles. The SMILES string of the molecule is Cc1nc(CCNCc2cnco2)cs1. The third-order valence-corrected chi connectivity index (χ3v) is 2.83. The lowest BCUT2D eigenvalue weighted by Gasteiger charge is -1.99. The van der Waals surface area contributed by atoms with Crippen LogP contribution < -0.4 is 5.32 Å². The molecule has 0 bridgehead atoms. The molecule has 0 aliphatic heterocycles. The summed E-state index contributed by atoms with van der Waals surface area (Å²) in [6, 6.07) is 0. The molecule has 2 rings (SSSR count). The van der Waals surface area contributed by atoms with Gasteiger partial charge in [0.25, 0.3) is 0 Å². The van der Waals surface area contributed by atoms with Crippen LogP contribution >= 0.6 is 11.3 Å². The summed E-state index contributed by atoms with van der Waals surface area (Å²) in [4.78, 5) is 8.23. The highest BCUT2D eigenvalue weighted by Gasteiger charge is 1.99. The third kappa shape index (κ3) is 3.14. The molecule has 0 saturated heterocycles. The van der Waals surface area contributed by atoms with Crippen LogP contribution in [-0.4, -0.2) is 16.5 Å². The van der Waals surface area contributed by atoms with Crippen LogP contribution in [0.1, 0.15) is 16.5 Å². The van der Waals surface area contributed by atoms with E-state index in [4.69, 9.17) is 4.42 Å². The van der Waals surface area contributed by atoms with Gasteiger partial charge in [0.1, 0.15) is 5.76 Å². The van der Waals surface area contributed by atoms with Crippen LogP contribution in [0.5, 0.6) is 0 Å². The van der Waals surface area contributed by atoms with E-state index in [0.29, 0.717) is 0 Å². The molecule has 5 heteroatoms. The molecule has 0 aliphatic rings. The van der Waals surface area contributed by atoms with Crippen molar-refractivity contribution in [3.05, 3.63) is 34.4 Å². The van der Waals surface area contributed by atoms with Gasteiger partial charge in [0.2, 0.25) is 0 Å². The summed E-state index contributed by atoms with van der Waals surface area (Å²) in [5.74, 6) is 0.865. The van der Waals surface area contributed by atoms with Gasteiger partial charge in [0.15, 0.2) is 6.39 Å². The molecule has 15 heavy (non-hydrogen) atoms. The van der Waals surface area contributed by atoms with E-state index in [-0.39, 0.29) is 0 Å². The van der Waals surface area contributed by atoms with Crippen LogP contribution in [-0.2, 0) is 13.0 Å². The largest absolute Gasteiger partial charge is 0.447 e. The summed E-state index contributed by atoms with van der Waals surface area (Å²) in [5, 5.41) is 6.50. The van der Waals surface area contributed by atoms with E-state index in [2.05, 4.69) is 20.7 Å². The molecule has 80 valence electrons. The van der Waals surface area contributed by atoms with Crippen LogP contribution in [0.2, 0.25) is 0 Å². The lowest BCUT2D eigenvalue weighted by atomic mass is 10.3. The van der Waals surface area contributed by atoms with E-state index in [1.54, 1.807) is 17.5 Å². The minimum absolute atomic E-state index is 0.725. The smallest absolute Gasteiger partial charge is 0.180 e. The van der Waals surface area contributed by atoms with Crippen molar-refractivity contribution in [3.63, 3.8) is 0 Å². The molecule has 0 fully saturated rings. The summed E-state index contributed by atoms with van der Waals surface area (Å²) in [5.41, 5.74) is 1.16. The number of oxazole rings is 1. The summed E-state index contributed by atoms with van der Waals surface area (Å²) in [6.07, 6.45) is 4.12. The van der Waals surface area contributed by atoms with Gasteiger partial charge >= 0.3 is 0 Å². The fraction of sp³-hybridized carbons (Fsp3) is 0.400. The molecule has 2 heterocycles. The second-order valence-electron chi connectivity index (χ2n) is 3.25. The third-order valence-electron chi connectivity index (χ3n) is 2.01. The minimum Gasteiger partial charge on any atom is -0.447 e. The van der Waals surface area contributed by atoms with Gasteiger partial charge in [-0.25, -0.2) is 9.97 Å². The van der Waals surface area contributed by atoms with Crippen molar-refractivity contribution in [3.8, 4) is 0 Å². The van der Waals surface area contributed by atoms with Crippen LogP contribution in [0.25, 0.3) is 0 Å².